The van der Waals surface area contributed by atoms with Gasteiger partial charge in [-0.2, -0.15) is 0 Å². The Balaban J connectivity index is 1.86. The molecule has 6 nitrogen and oxygen atoms in total. The van der Waals surface area contributed by atoms with Crippen molar-refractivity contribution >= 4 is 22.9 Å². The molecule has 0 aliphatic heterocycles. The Hall–Kier alpha value is -2.37. The molecule has 3 atom stereocenters. The van der Waals surface area contributed by atoms with E-state index in [4.69, 9.17) is 4.98 Å². The molecular weight excluding hydrogens is 414 g/mol. The highest BCUT2D eigenvalue weighted by Crippen LogP contribution is 2.29. The molecule has 6 heteroatoms. The third-order valence-corrected chi connectivity index (χ3v) is 7.42. The van der Waals surface area contributed by atoms with Crippen molar-refractivity contribution in [1.29, 1.82) is 0 Å². The zero-order chi connectivity index (χ0) is 24.0. The normalized spacial score (nSPS) is 17.6. The van der Waals surface area contributed by atoms with E-state index in [0.717, 1.165) is 42.7 Å². The first-order chi connectivity index (χ1) is 15.8. The quantitative estimate of drug-likeness (QED) is 0.447. The molecule has 1 saturated carbocycles. The number of nitrogens with one attached hydrogen (secondary N) is 1. The Morgan fingerprint density at radius 3 is 2.45 bits per heavy atom. The van der Waals surface area contributed by atoms with E-state index in [9.17, 15) is 14.7 Å². The van der Waals surface area contributed by atoms with Crippen LogP contribution in [0.3, 0.4) is 0 Å². The van der Waals surface area contributed by atoms with Gasteiger partial charge in [0, 0.05) is 18.5 Å². The van der Waals surface area contributed by atoms with E-state index in [-0.39, 0.29) is 11.8 Å². The fourth-order valence-electron chi connectivity index (χ4n) is 4.80. The van der Waals surface area contributed by atoms with E-state index < -0.39 is 12.0 Å². The number of benzene rings is 1. The summed E-state index contributed by atoms with van der Waals surface area (Å²) < 4.78 is 2.35. The van der Waals surface area contributed by atoms with Crippen LogP contribution in [0.15, 0.2) is 18.2 Å². The summed E-state index contributed by atoms with van der Waals surface area (Å²) in [6.07, 6.45) is 9.90. The third kappa shape index (κ3) is 6.58. The number of hydrogen-bond acceptors (Lipinski definition) is 3. The molecule has 3 rings (SSSR count). The Morgan fingerprint density at radius 2 is 1.82 bits per heavy atom. The number of aliphatic carboxylic acids is 1. The summed E-state index contributed by atoms with van der Waals surface area (Å²) >= 11 is 0. The number of imidazole rings is 1. The van der Waals surface area contributed by atoms with Gasteiger partial charge in [-0.3, -0.25) is 4.79 Å². The van der Waals surface area contributed by atoms with Gasteiger partial charge in [-0.15, -0.1) is 0 Å². The van der Waals surface area contributed by atoms with Crippen LogP contribution < -0.4 is 5.32 Å². The van der Waals surface area contributed by atoms with Gasteiger partial charge in [0.1, 0.15) is 11.9 Å². The van der Waals surface area contributed by atoms with Gasteiger partial charge in [0.2, 0.25) is 0 Å². The van der Waals surface area contributed by atoms with Crippen LogP contribution in [0.25, 0.3) is 11.0 Å². The molecule has 0 spiro atoms. The maximum absolute atomic E-state index is 12.9. The zero-order valence-corrected chi connectivity index (χ0v) is 20.8. The monoisotopic (exact) mass is 455 g/mol. The van der Waals surface area contributed by atoms with Crippen LogP contribution in [-0.2, 0) is 17.8 Å². The van der Waals surface area contributed by atoms with Crippen LogP contribution in [0.1, 0.15) is 95.2 Å². The van der Waals surface area contributed by atoms with Gasteiger partial charge < -0.3 is 15.0 Å². The predicted octanol–water partition coefficient (Wildman–Crippen LogP) is 5.82. The molecule has 1 aliphatic rings. The Bertz CT molecular complexity index is 945. The SMILES string of the molecule is CCC(C)C[C@H](NC(=O)c1ccc2c(c1)nc(CC1CCCCC1)n2CC(C)CC)C(=O)O. The number of fused-ring (bicyclic) bond motifs is 1. The predicted molar refractivity (Wildman–Crippen MR) is 132 cm³/mol. The summed E-state index contributed by atoms with van der Waals surface area (Å²) in [4.78, 5) is 29.5. The Labute approximate surface area is 198 Å². The van der Waals surface area contributed by atoms with Crippen LogP contribution in [0.4, 0.5) is 0 Å². The number of nitrogens with zero attached hydrogens (tertiary/aromatic N) is 2. The van der Waals surface area contributed by atoms with Gasteiger partial charge in [0.15, 0.2) is 0 Å². The fraction of sp³-hybridized carbons (Fsp3) is 0.667. The van der Waals surface area contributed by atoms with E-state index in [1.807, 2.05) is 26.0 Å². The third-order valence-electron chi connectivity index (χ3n) is 7.42. The van der Waals surface area contributed by atoms with E-state index in [1.54, 1.807) is 6.07 Å². The largest absolute Gasteiger partial charge is 0.480 e. The molecule has 0 bridgehead atoms. The van der Waals surface area contributed by atoms with Gasteiger partial charge in [-0.25, -0.2) is 9.78 Å². The molecule has 33 heavy (non-hydrogen) atoms. The van der Waals surface area contributed by atoms with Crippen molar-refractivity contribution in [2.45, 2.75) is 98.1 Å². The molecule has 2 N–H and O–H groups in total. The van der Waals surface area contributed by atoms with E-state index in [0.29, 0.717) is 23.8 Å². The standard InChI is InChI=1S/C27H41N3O3/c1-5-18(3)14-23(27(32)33)29-26(31)21-12-13-24-22(16-21)28-25(30(24)17-19(4)6-2)15-20-10-8-7-9-11-20/h12-13,16,18-20,23H,5-11,14-15,17H2,1-4H3,(H,29,31)(H,32,33)/t18?,19?,23-/m0/s1. The molecule has 182 valence electrons. The van der Waals surface area contributed by atoms with Crippen molar-refractivity contribution in [1.82, 2.24) is 14.9 Å². The van der Waals surface area contributed by atoms with Crippen molar-refractivity contribution < 1.29 is 14.7 Å². The molecule has 1 aromatic heterocycles. The number of rotatable bonds is 11. The number of aromatic nitrogens is 2. The number of carbonyl (C=O) groups excluding carboxylic acids is 1. The molecule has 2 aromatic rings. The second-order valence-electron chi connectivity index (χ2n) is 10.2. The minimum atomic E-state index is -0.989. The van der Waals surface area contributed by atoms with E-state index in [2.05, 4.69) is 23.7 Å². The van der Waals surface area contributed by atoms with Gasteiger partial charge in [-0.05, 0) is 42.4 Å². The lowest BCUT2D eigenvalue weighted by molar-refractivity contribution is -0.139. The lowest BCUT2D eigenvalue weighted by Crippen LogP contribution is -2.41. The minimum absolute atomic E-state index is 0.229. The molecule has 0 radical (unpaired) electrons. The number of carboxylic acids is 1. The molecule has 1 aliphatic carbocycles. The summed E-state index contributed by atoms with van der Waals surface area (Å²) in [6.45, 7) is 9.44. The first-order valence-corrected chi connectivity index (χ1v) is 12.8. The van der Waals surface area contributed by atoms with E-state index in [1.165, 1.54) is 32.1 Å². The molecule has 0 saturated heterocycles. The highest BCUT2D eigenvalue weighted by molar-refractivity contribution is 5.99. The number of carboxylic acid groups (broad SMARTS) is 1. The average Bonchev–Trinajstić information content (AvgIpc) is 3.14. The molecular formula is C27H41N3O3. The van der Waals surface area contributed by atoms with Crippen molar-refractivity contribution in [2.75, 3.05) is 0 Å². The molecule has 1 amide bonds. The van der Waals surface area contributed by atoms with Crippen molar-refractivity contribution in [2.24, 2.45) is 17.8 Å². The lowest BCUT2D eigenvalue weighted by Gasteiger charge is -2.22. The highest BCUT2D eigenvalue weighted by Gasteiger charge is 2.24. The van der Waals surface area contributed by atoms with Crippen LogP contribution in [0, 0.1) is 17.8 Å². The smallest absolute Gasteiger partial charge is 0.326 e. The summed E-state index contributed by atoms with van der Waals surface area (Å²) in [7, 11) is 0. The summed E-state index contributed by atoms with van der Waals surface area (Å²) in [6, 6.07) is 4.73. The van der Waals surface area contributed by atoms with Gasteiger partial charge in [0.05, 0.1) is 11.0 Å². The first-order valence-electron chi connectivity index (χ1n) is 12.8. The maximum Gasteiger partial charge on any atom is 0.326 e. The lowest BCUT2D eigenvalue weighted by atomic mass is 9.87. The minimum Gasteiger partial charge on any atom is -0.480 e. The van der Waals surface area contributed by atoms with Gasteiger partial charge in [-0.1, -0.05) is 72.6 Å². The maximum atomic E-state index is 12.9. The summed E-state index contributed by atoms with van der Waals surface area (Å²) in [5, 5.41) is 12.3. The molecule has 1 fully saturated rings. The number of amides is 1. The van der Waals surface area contributed by atoms with E-state index >= 15 is 0 Å². The number of carbonyl (C=O) groups is 2. The second-order valence-corrected chi connectivity index (χ2v) is 10.2. The van der Waals surface area contributed by atoms with Crippen LogP contribution in [-0.4, -0.2) is 32.6 Å². The topological polar surface area (TPSA) is 84.2 Å². The second kappa shape index (κ2) is 11.7. The van der Waals surface area contributed by atoms with Crippen molar-refractivity contribution in [3.8, 4) is 0 Å². The van der Waals surface area contributed by atoms with Crippen LogP contribution in [0.2, 0.25) is 0 Å². The zero-order valence-electron chi connectivity index (χ0n) is 20.8. The highest BCUT2D eigenvalue weighted by atomic mass is 16.4. The molecule has 1 heterocycles. The fourth-order valence-corrected chi connectivity index (χ4v) is 4.80. The molecule has 1 aromatic carbocycles. The average molecular weight is 456 g/mol. The Morgan fingerprint density at radius 1 is 1.12 bits per heavy atom. The van der Waals surface area contributed by atoms with Crippen LogP contribution >= 0.6 is 0 Å². The van der Waals surface area contributed by atoms with Crippen molar-refractivity contribution in [3.63, 3.8) is 0 Å². The summed E-state index contributed by atoms with van der Waals surface area (Å²) in [5.41, 5.74) is 2.35. The first kappa shape index (κ1) is 25.3. The Kier molecular flexibility index (Phi) is 8.93. The van der Waals surface area contributed by atoms with Gasteiger partial charge >= 0.3 is 5.97 Å². The van der Waals surface area contributed by atoms with Gasteiger partial charge in [0.25, 0.3) is 5.91 Å². The number of hydrogen-bond donors (Lipinski definition) is 2. The molecule has 2 unspecified atom stereocenters. The summed E-state index contributed by atoms with van der Waals surface area (Å²) in [5.74, 6) is 1.25. The van der Waals surface area contributed by atoms with Crippen LogP contribution in [0.5, 0.6) is 0 Å². The van der Waals surface area contributed by atoms with Crippen molar-refractivity contribution in [3.05, 3.63) is 29.6 Å².